The summed E-state index contributed by atoms with van der Waals surface area (Å²) in [6, 6.07) is 0.764. The van der Waals surface area contributed by atoms with Crippen molar-refractivity contribution in [2.24, 2.45) is 0 Å². The van der Waals surface area contributed by atoms with Crippen LogP contribution in [0.5, 0.6) is 0 Å². The van der Waals surface area contributed by atoms with Gasteiger partial charge in [-0.15, -0.1) is 0 Å². The van der Waals surface area contributed by atoms with E-state index in [-0.39, 0.29) is 6.10 Å². The Labute approximate surface area is 116 Å². The van der Waals surface area contributed by atoms with Gasteiger partial charge in [-0.05, 0) is 19.4 Å². The molecule has 0 amide bonds. The second-order valence-corrected chi connectivity index (χ2v) is 6.30. The summed E-state index contributed by atoms with van der Waals surface area (Å²) in [5.74, 6) is 0. The second-order valence-electron chi connectivity index (χ2n) is 6.30. The van der Waals surface area contributed by atoms with E-state index in [4.69, 9.17) is 0 Å². The van der Waals surface area contributed by atoms with Gasteiger partial charge >= 0.3 is 0 Å². The number of aliphatic hydroxyl groups excluding tert-OH is 1. The van der Waals surface area contributed by atoms with Crippen LogP contribution in [0, 0.1) is 0 Å². The SMILES string of the molecule is OC(CN1CCNCC1)CN1CCN2CCCC2C1. The molecule has 0 bridgehead atoms. The fourth-order valence-corrected chi connectivity index (χ4v) is 3.77. The van der Waals surface area contributed by atoms with Gasteiger partial charge < -0.3 is 10.4 Å². The summed E-state index contributed by atoms with van der Waals surface area (Å²) >= 11 is 0. The van der Waals surface area contributed by atoms with Crippen molar-refractivity contribution < 1.29 is 5.11 Å². The second kappa shape index (κ2) is 6.50. The largest absolute Gasteiger partial charge is 0.390 e. The number of nitrogens with zero attached hydrogens (tertiary/aromatic N) is 3. The van der Waals surface area contributed by atoms with Crippen LogP contribution in [-0.2, 0) is 0 Å². The lowest BCUT2D eigenvalue weighted by Crippen LogP contribution is -2.53. The Bertz CT molecular complexity index is 283. The maximum absolute atomic E-state index is 10.3. The van der Waals surface area contributed by atoms with Gasteiger partial charge in [0, 0.05) is 64.9 Å². The highest BCUT2D eigenvalue weighted by atomic mass is 16.3. The molecule has 3 rings (SSSR count). The monoisotopic (exact) mass is 268 g/mol. The summed E-state index contributed by atoms with van der Waals surface area (Å²) in [6.45, 7) is 10.8. The maximum Gasteiger partial charge on any atom is 0.0793 e. The fraction of sp³-hybridized carbons (Fsp3) is 1.00. The Morgan fingerprint density at radius 3 is 2.63 bits per heavy atom. The lowest BCUT2D eigenvalue weighted by molar-refractivity contribution is 0.0374. The molecule has 3 aliphatic heterocycles. The van der Waals surface area contributed by atoms with Crippen LogP contribution in [-0.4, -0.2) is 97.4 Å². The third-order valence-electron chi connectivity index (χ3n) is 4.82. The highest BCUT2D eigenvalue weighted by Gasteiger charge is 2.31. The Morgan fingerprint density at radius 1 is 1.00 bits per heavy atom. The Hall–Kier alpha value is -0.200. The molecule has 5 heteroatoms. The van der Waals surface area contributed by atoms with E-state index >= 15 is 0 Å². The van der Waals surface area contributed by atoms with Gasteiger partial charge in [0.25, 0.3) is 0 Å². The number of β-amino-alcohol motifs (C(OH)–C–C–N with tert-alkyl or cyclic N) is 1. The number of piperazine rings is 2. The van der Waals surface area contributed by atoms with Crippen molar-refractivity contribution in [3.63, 3.8) is 0 Å². The minimum atomic E-state index is -0.189. The van der Waals surface area contributed by atoms with Gasteiger partial charge in [0.15, 0.2) is 0 Å². The first-order valence-corrected chi connectivity index (χ1v) is 7.89. The number of nitrogens with one attached hydrogen (secondary N) is 1. The Morgan fingerprint density at radius 2 is 1.79 bits per heavy atom. The molecule has 0 aromatic carbocycles. The molecule has 19 heavy (non-hydrogen) atoms. The van der Waals surface area contributed by atoms with Crippen molar-refractivity contribution in [1.82, 2.24) is 20.0 Å². The molecule has 2 N–H and O–H groups in total. The van der Waals surface area contributed by atoms with Crippen LogP contribution in [0.25, 0.3) is 0 Å². The highest BCUT2D eigenvalue weighted by Crippen LogP contribution is 2.21. The number of aliphatic hydroxyl groups is 1. The van der Waals surface area contributed by atoms with Gasteiger partial charge in [-0.3, -0.25) is 14.7 Å². The first-order chi connectivity index (χ1) is 9.31. The van der Waals surface area contributed by atoms with E-state index in [1.165, 1.54) is 32.5 Å². The molecule has 0 spiro atoms. The number of fused-ring (bicyclic) bond motifs is 1. The average molecular weight is 268 g/mol. The van der Waals surface area contributed by atoms with Crippen LogP contribution in [0.2, 0.25) is 0 Å². The molecule has 0 aliphatic carbocycles. The smallest absolute Gasteiger partial charge is 0.0793 e. The zero-order valence-corrected chi connectivity index (χ0v) is 11.9. The van der Waals surface area contributed by atoms with Crippen molar-refractivity contribution >= 4 is 0 Å². The van der Waals surface area contributed by atoms with Crippen molar-refractivity contribution in [3.05, 3.63) is 0 Å². The lowest BCUT2D eigenvalue weighted by atomic mass is 10.1. The molecule has 3 saturated heterocycles. The average Bonchev–Trinajstić information content (AvgIpc) is 2.87. The standard InChI is InChI=1S/C14H28N4O/c19-14(11-16-6-3-15-4-7-16)12-17-8-9-18-5-1-2-13(18)10-17/h13-15,19H,1-12H2. The van der Waals surface area contributed by atoms with Gasteiger partial charge in [-0.25, -0.2) is 0 Å². The third-order valence-corrected chi connectivity index (χ3v) is 4.82. The van der Waals surface area contributed by atoms with E-state index in [0.717, 1.165) is 51.9 Å². The molecule has 2 unspecified atom stereocenters. The number of rotatable bonds is 4. The molecule has 3 fully saturated rings. The normalized spacial score (nSPS) is 32.4. The van der Waals surface area contributed by atoms with E-state index in [1.54, 1.807) is 0 Å². The van der Waals surface area contributed by atoms with Crippen molar-refractivity contribution in [1.29, 1.82) is 0 Å². The van der Waals surface area contributed by atoms with E-state index in [9.17, 15) is 5.11 Å². The Kier molecular flexibility index (Phi) is 4.71. The van der Waals surface area contributed by atoms with Crippen LogP contribution in [0.15, 0.2) is 0 Å². The quantitative estimate of drug-likeness (QED) is 0.687. The molecule has 3 aliphatic rings. The summed E-state index contributed by atoms with van der Waals surface area (Å²) in [4.78, 5) is 7.48. The van der Waals surface area contributed by atoms with E-state index in [1.807, 2.05) is 0 Å². The molecule has 0 radical (unpaired) electrons. The van der Waals surface area contributed by atoms with Gasteiger partial charge in [0.05, 0.1) is 6.10 Å². The van der Waals surface area contributed by atoms with Gasteiger partial charge in [-0.1, -0.05) is 0 Å². The summed E-state index contributed by atoms with van der Waals surface area (Å²) in [5, 5.41) is 13.6. The third kappa shape index (κ3) is 3.67. The van der Waals surface area contributed by atoms with Crippen molar-refractivity contribution in [2.75, 3.05) is 65.4 Å². The summed E-state index contributed by atoms with van der Waals surface area (Å²) in [5.41, 5.74) is 0. The van der Waals surface area contributed by atoms with Crippen LogP contribution in [0.1, 0.15) is 12.8 Å². The van der Waals surface area contributed by atoms with Gasteiger partial charge in [-0.2, -0.15) is 0 Å². The lowest BCUT2D eigenvalue weighted by Gasteiger charge is -2.39. The molecular formula is C14H28N4O. The molecule has 3 heterocycles. The topological polar surface area (TPSA) is 42.0 Å². The minimum absolute atomic E-state index is 0.189. The minimum Gasteiger partial charge on any atom is -0.390 e. The predicted octanol–water partition coefficient (Wildman–Crippen LogP) is -0.967. The van der Waals surface area contributed by atoms with Crippen LogP contribution >= 0.6 is 0 Å². The highest BCUT2D eigenvalue weighted by molar-refractivity contribution is 4.87. The summed E-state index contributed by atoms with van der Waals surface area (Å²) in [7, 11) is 0. The van der Waals surface area contributed by atoms with Gasteiger partial charge in [0.1, 0.15) is 0 Å². The Balaban J connectivity index is 1.40. The summed E-state index contributed by atoms with van der Waals surface area (Å²) < 4.78 is 0. The van der Waals surface area contributed by atoms with Gasteiger partial charge in [0.2, 0.25) is 0 Å². The van der Waals surface area contributed by atoms with Crippen LogP contribution in [0.3, 0.4) is 0 Å². The van der Waals surface area contributed by atoms with Crippen molar-refractivity contribution in [2.45, 2.75) is 25.0 Å². The molecule has 0 saturated carbocycles. The molecular weight excluding hydrogens is 240 g/mol. The maximum atomic E-state index is 10.3. The first-order valence-electron chi connectivity index (χ1n) is 7.89. The molecule has 0 aromatic heterocycles. The molecule has 2 atom stereocenters. The summed E-state index contributed by atoms with van der Waals surface area (Å²) in [6.07, 6.45) is 2.53. The number of hydrogen-bond donors (Lipinski definition) is 2. The molecule has 5 nitrogen and oxygen atoms in total. The fourth-order valence-electron chi connectivity index (χ4n) is 3.77. The number of hydrogen-bond acceptors (Lipinski definition) is 5. The molecule has 0 aromatic rings. The van der Waals surface area contributed by atoms with E-state index in [0.29, 0.717) is 0 Å². The zero-order chi connectivity index (χ0) is 13.1. The zero-order valence-electron chi connectivity index (χ0n) is 11.9. The van der Waals surface area contributed by atoms with E-state index in [2.05, 4.69) is 20.0 Å². The van der Waals surface area contributed by atoms with Crippen LogP contribution < -0.4 is 5.32 Å². The van der Waals surface area contributed by atoms with E-state index < -0.39 is 0 Å². The predicted molar refractivity (Wildman–Crippen MR) is 76.4 cm³/mol. The van der Waals surface area contributed by atoms with Crippen LogP contribution in [0.4, 0.5) is 0 Å². The first kappa shape index (κ1) is 13.8. The molecule has 110 valence electrons. The van der Waals surface area contributed by atoms with Crippen molar-refractivity contribution in [3.8, 4) is 0 Å².